The van der Waals surface area contributed by atoms with Crippen LogP contribution in [0.3, 0.4) is 0 Å². The molecule has 3 N–H and O–H groups in total. The highest BCUT2D eigenvalue weighted by atomic mass is 19.4. The number of fused-ring (bicyclic) bond motifs is 6. The Hall–Kier alpha value is -3.62. The van der Waals surface area contributed by atoms with Gasteiger partial charge in [0.05, 0.1) is 6.07 Å². The maximum absolute atomic E-state index is 13.9. The number of para-hydroxylation sites is 1. The van der Waals surface area contributed by atoms with Gasteiger partial charge in [0.1, 0.15) is 18.1 Å². The van der Waals surface area contributed by atoms with Crippen LogP contribution in [-0.2, 0) is 25.6 Å². The Balaban J connectivity index is 1.36. The van der Waals surface area contributed by atoms with Gasteiger partial charge in [0.25, 0.3) is 0 Å². The number of benzene rings is 1. The summed E-state index contributed by atoms with van der Waals surface area (Å²) in [6.07, 6.45) is -1.91. The van der Waals surface area contributed by atoms with E-state index in [0.717, 1.165) is 24.8 Å². The largest absolute Gasteiger partial charge is 0.471 e. The molecule has 0 radical (unpaired) electrons. The molecule has 4 aliphatic rings. The zero-order chi connectivity index (χ0) is 30.6. The fourth-order valence-corrected chi connectivity index (χ4v) is 7.63. The molecule has 4 amide bonds. The molecule has 1 unspecified atom stereocenters. The van der Waals surface area contributed by atoms with E-state index in [9.17, 15) is 37.6 Å². The summed E-state index contributed by atoms with van der Waals surface area (Å²) in [5, 5.41) is 17.4. The number of hydrogen-bond donors (Lipinski definition) is 3. The molecule has 12 heteroatoms. The third kappa shape index (κ3) is 5.57. The molecular weight excluding hydrogens is 551 g/mol. The number of halogens is 3. The Morgan fingerprint density at radius 3 is 2.48 bits per heavy atom. The number of nitrogens with one attached hydrogen (secondary N) is 3. The highest BCUT2D eigenvalue weighted by molar-refractivity contribution is 5.96. The number of nitriles is 1. The van der Waals surface area contributed by atoms with E-state index in [2.05, 4.69) is 16.7 Å². The lowest BCUT2D eigenvalue weighted by molar-refractivity contribution is -0.176. The van der Waals surface area contributed by atoms with E-state index >= 15 is 0 Å². The van der Waals surface area contributed by atoms with Crippen LogP contribution in [-0.4, -0.2) is 59.4 Å². The highest BCUT2D eigenvalue weighted by Gasteiger charge is 2.60. The second-order valence-corrected chi connectivity index (χ2v) is 13.3. The lowest BCUT2D eigenvalue weighted by atomic mass is 9.78. The first-order valence-electron chi connectivity index (χ1n) is 14.5. The predicted octanol–water partition coefficient (Wildman–Crippen LogP) is 3.16. The van der Waals surface area contributed by atoms with Crippen molar-refractivity contribution in [1.82, 2.24) is 15.5 Å². The van der Waals surface area contributed by atoms with Gasteiger partial charge in [-0.1, -0.05) is 39.0 Å². The molecule has 1 aromatic carbocycles. The van der Waals surface area contributed by atoms with Crippen molar-refractivity contribution in [1.29, 1.82) is 5.26 Å². The Morgan fingerprint density at radius 2 is 1.81 bits per heavy atom. The van der Waals surface area contributed by atoms with Gasteiger partial charge in [0, 0.05) is 18.2 Å². The number of anilines is 1. The molecule has 2 heterocycles. The molecule has 2 aliphatic heterocycles. The first-order valence-corrected chi connectivity index (χ1v) is 14.5. The zero-order valence-electron chi connectivity index (χ0n) is 23.8. The summed E-state index contributed by atoms with van der Waals surface area (Å²) >= 11 is 0. The van der Waals surface area contributed by atoms with Crippen LogP contribution in [0, 0.1) is 46.3 Å². The monoisotopic (exact) mass is 587 g/mol. The van der Waals surface area contributed by atoms with Crippen molar-refractivity contribution >= 4 is 29.3 Å². The molecule has 1 aromatic rings. The lowest BCUT2D eigenvalue weighted by Gasteiger charge is -2.37. The lowest BCUT2D eigenvalue weighted by Crippen LogP contribution is -2.60. The number of carbonyl (C=O) groups is 4. The number of amides is 4. The van der Waals surface area contributed by atoms with E-state index in [1.54, 1.807) is 26.8 Å². The summed E-state index contributed by atoms with van der Waals surface area (Å²) in [7, 11) is 0. The van der Waals surface area contributed by atoms with Crippen molar-refractivity contribution in [2.24, 2.45) is 35.0 Å². The Labute approximate surface area is 242 Å². The fourth-order valence-electron chi connectivity index (χ4n) is 7.63. The van der Waals surface area contributed by atoms with Crippen LogP contribution in [0.5, 0.6) is 0 Å². The quantitative estimate of drug-likeness (QED) is 0.471. The van der Waals surface area contributed by atoms with Crippen molar-refractivity contribution in [3.8, 4) is 6.07 Å². The molecule has 42 heavy (non-hydrogen) atoms. The minimum atomic E-state index is -5.17. The van der Waals surface area contributed by atoms with Crippen LogP contribution in [0.2, 0.25) is 0 Å². The van der Waals surface area contributed by atoms with Crippen LogP contribution < -0.4 is 16.0 Å². The Kier molecular flexibility index (Phi) is 7.75. The Bertz CT molecular complexity index is 1320. The van der Waals surface area contributed by atoms with Crippen LogP contribution >= 0.6 is 0 Å². The van der Waals surface area contributed by atoms with E-state index < -0.39 is 53.4 Å². The highest BCUT2D eigenvalue weighted by Crippen LogP contribution is 2.57. The third-order valence-corrected chi connectivity index (χ3v) is 9.57. The second-order valence-electron chi connectivity index (χ2n) is 13.3. The van der Waals surface area contributed by atoms with Crippen LogP contribution in [0.1, 0.15) is 52.0 Å². The molecule has 0 spiro atoms. The standard InChI is InChI=1S/C30H36F3N5O4/c1-29(2,3)24(37-28(42)30(31,32)33)27(41)38-14-20-15-8-9-17(10-15)22(20)23(38)26(40)35-19(13-34)12-18-11-16-6-4-5-7-21(16)36-25(18)39/h4-7,15,17-20,22-24H,8-12,14H2,1-3H3,(H,35,40)(H,36,39)(H,37,42)/t15-,17+,18?,19+,20-,22+,23+,24-/m1/s1. The van der Waals surface area contributed by atoms with E-state index in [1.807, 2.05) is 23.5 Å². The first-order chi connectivity index (χ1) is 19.7. The van der Waals surface area contributed by atoms with Gasteiger partial charge in [-0.05, 0) is 72.8 Å². The summed E-state index contributed by atoms with van der Waals surface area (Å²) in [6, 6.07) is 5.92. The van der Waals surface area contributed by atoms with Crippen molar-refractivity contribution in [3.05, 3.63) is 29.8 Å². The van der Waals surface area contributed by atoms with E-state index in [-0.39, 0.29) is 36.6 Å². The van der Waals surface area contributed by atoms with E-state index in [4.69, 9.17) is 0 Å². The molecule has 8 atom stereocenters. The number of likely N-dealkylation sites (tertiary alicyclic amines) is 1. The topological polar surface area (TPSA) is 131 Å². The average Bonchev–Trinajstić information content (AvgIpc) is 3.63. The van der Waals surface area contributed by atoms with Crippen LogP contribution in [0.25, 0.3) is 0 Å². The molecule has 9 nitrogen and oxygen atoms in total. The molecule has 2 saturated carbocycles. The Morgan fingerprint density at radius 1 is 1.12 bits per heavy atom. The second kappa shape index (κ2) is 10.9. The SMILES string of the molecule is CC(C)(C)[C@H](NC(=O)C(F)(F)F)C(=O)N1C[C@@H]2[C@@H]3CC[C@@H](C3)[C@@H]2[C@H]1C(=O)N[C@H](C#N)CC1Cc2ccccc2NC1=O. The normalized spacial score (nSPS) is 29.5. The zero-order valence-corrected chi connectivity index (χ0v) is 23.8. The van der Waals surface area contributed by atoms with Gasteiger partial charge in [-0.15, -0.1) is 0 Å². The first kappa shape index (κ1) is 29.9. The number of alkyl halides is 3. The van der Waals surface area contributed by atoms with Gasteiger partial charge in [0.2, 0.25) is 17.7 Å². The molecule has 2 bridgehead atoms. The molecular formula is C30H36F3N5O4. The summed E-state index contributed by atoms with van der Waals surface area (Å²) in [5.41, 5.74) is 0.566. The molecule has 0 aromatic heterocycles. The van der Waals surface area contributed by atoms with Gasteiger partial charge >= 0.3 is 12.1 Å². The van der Waals surface area contributed by atoms with Gasteiger partial charge in [0.15, 0.2) is 0 Å². The number of hydrogen-bond acceptors (Lipinski definition) is 5. The van der Waals surface area contributed by atoms with Crippen molar-refractivity contribution in [2.75, 3.05) is 11.9 Å². The minimum absolute atomic E-state index is 0.0172. The van der Waals surface area contributed by atoms with E-state index in [1.165, 1.54) is 4.90 Å². The predicted molar refractivity (Wildman–Crippen MR) is 145 cm³/mol. The smallest absolute Gasteiger partial charge is 0.339 e. The third-order valence-electron chi connectivity index (χ3n) is 9.57. The molecule has 3 fully saturated rings. The number of carbonyl (C=O) groups excluding carboxylic acids is 4. The fraction of sp³-hybridized carbons (Fsp3) is 0.633. The maximum Gasteiger partial charge on any atom is 0.471 e. The maximum atomic E-state index is 13.9. The average molecular weight is 588 g/mol. The number of nitrogens with zero attached hydrogens (tertiary/aromatic N) is 2. The van der Waals surface area contributed by atoms with E-state index in [0.29, 0.717) is 18.0 Å². The summed E-state index contributed by atoms with van der Waals surface area (Å²) in [5.74, 6) is -3.98. The van der Waals surface area contributed by atoms with Crippen molar-refractivity contribution in [2.45, 2.75) is 77.2 Å². The molecule has 1 saturated heterocycles. The number of rotatable bonds is 6. The van der Waals surface area contributed by atoms with Gasteiger partial charge in [-0.25, -0.2) is 0 Å². The van der Waals surface area contributed by atoms with Crippen LogP contribution in [0.4, 0.5) is 18.9 Å². The summed E-state index contributed by atoms with van der Waals surface area (Å²) in [6.45, 7) is 4.87. The minimum Gasteiger partial charge on any atom is -0.339 e. The van der Waals surface area contributed by atoms with Gasteiger partial charge in [-0.2, -0.15) is 18.4 Å². The summed E-state index contributed by atoms with van der Waals surface area (Å²) < 4.78 is 39.5. The van der Waals surface area contributed by atoms with Crippen LogP contribution in [0.15, 0.2) is 24.3 Å². The summed E-state index contributed by atoms with van der Waals surface area (Å²) in [4.78, 5) is 53.8. The van der Waals surface area contributed by atoms with Crippen molar-refractivity contribution < 1.29 is 32.3 Å². The van der Waals surface area contributed by atoms with Gasteiger partial charge in [-0.3, -0.25) is 19.2 Å². The molecule has 2 aliphatic carbocycles. The molecule has 5 rings (SSSR count). The van der Waals surface area contributed by atoms with Gasteiger partial charge < -0.3 is 20.9 Å². The van der Waals surface area contributed by atoms with Crippen molar-refractivity contribution in [3.63, 3.8) is 0 Å². The molecule has 226 valence electrons.